The minimum atomic E-state index is -0.429. The second-order valence-electron chi connectivity index (χ2n) is 12.9. The van der Waals surface area contributed by atoms with Crippen LogP contribution >= 0.6 is 0 Å². The van der Waals surface area contributed by atoms with Crippen molar-refractivity contribution in [3.05, 3.63) is 58.4 Å². The second-order valence-corrected chi connectivity index (χ2v) is 12.9. The smallest absolute Gasteiger partial charge is 0.336 e. The van der Waals surface area contributed by atoms with Crippen molar-refractivity contribution in [1.82, 2.24) is 9.80 Å². The van der Waals surface area contributed by atoms with Crippen molar-refractivity contribution in [2.45, 2.75) is 70.4 Å². The van der Waals surface area contributed by atoms with Crippen molar-refractivity contribution < 1.29 is 23.4 Å². The molecular formula is C35H44N2O6. The fourth-order valence-electron chi connectivity index (χ4n) is 7.23. The van der Waals surface area contributed by atoms with Gasteiger partial charge < -0.3 is 28.4 Å². The van der Waals surface area contributed by atoms with E-state index < -0.39 is 5.63 Å². The van der Waals surface area contributed by atoms with Crippen LogP contribution in [-0.4, -0.2) is 73.9 Å². The zero-order chi connectivity index (χ0) is 30.0. The van der Waals surface area contributed by atoms with Crippen LogP contribution in [0.15, 0.2) is 51.7 Å². The van der Waals surface area contributed by atoms with E-state index in [1.165, 1.54) is 44.8 Å². The molecule has 6 rings (SSSR count). The Bertz CT molecular complexity index is 1500. The lowest BCUT2D eigenvalue weighted by molar-refractivity contribution is -0.135. The number of ether oxygens (including phenoxy) is 3. The molecule has 3 aliphatic rings. The molecule has 3 aromatic rings. The lowest BCUT2D eigenvalue weighted by Crippen LogP contribution is -2.52. The van der Waals surface area contributed by atoms with Gasteiger partial charge >= 0.3 is 5.63 Å². The van der Waals surface area contributed by atoms with Gasteiger partial charge in [-0.15, -0.1) is 0 Å². The summed E-state index contributed by atoms with van der Waals surface area (Å²) in [5.41, 5.74) is 2.13. The average molecular weight is 589 g/mol. The fraction of sp³-hybridized carbons (Fsp3) is 0.543. The Morgan fingerprint density at radius 3 is 2.72 bits per heavy atom. The first-order valence-electron chi connectivity index (χ1n) is 15.8. The van der Waals surface area contributed by atoms with E-state index in [2.05, 4.69) is 4.90 Å². The molecule has 8 heteroatoms. The summed E-state index contributed by atoms with van der Waals surface area (Å²) in [5, 5.41) is 0.689. The third kappa shape index (κ3) is 6.46. The molecule has 0 aliphatic carbocycles. The van der Waals surface area contributed by atoms with Crippen LogP contribution in [-0.2, 0) is 16.0 Å². The van der Waals surface area contributed by atoms with E-state index in [1.54, 1.807) is 7.11 Å². The van der Waals surface area contributed by atoms with Crippen molar-refractivity contribution >= 4 is 16.9 Å². The van der Waals surface area contributed by atoms with Crippen molar-refractivity contribution in [3.8, 4) is 22.6 Å². The van der Waals surface area contributed by atoms with E-state index in [0.717, 1.165) is 29.5 Å². The van der Waals surface area contributed by atoms with Gasteiger partial charge in [0.05, 0.1) is 12.0 Å². The summed E-state index contributed by atoms with van der Waals surface area (Å²) < 4.78 is 24.0. The van der Waals surface area contributed by atoms with Gasteiger partial charge in [-0.1, -0.05) is 36.8 Å². The zero-order valence-electron chi connectivity index (χ0n) is 25.7. The maximum absolute atomic E-state index is 13.8. The topological polar surface area (TPSA) is 81.5 Å². The molecule has 230 valence electrons. The predicted molar refractivity (Wildman–Crippen MR) is 167 cm³/mol. The molecule has 2 fully saturated rings. The minimum absolute atomic E-state index is 0.0734. The first-order chi connectivity index (χ1) is 20.8. The summed E-state index contributed by atoms with van der Waals surface area (Å²) in [7, 11) is 1.67. The highest BCUT2D eigenvalue weighted by atomic mass is 16.5. The van der Waals surface area contributed by atoms with Gasteiger partial charge in [-0.3, -0.25) is 4.79 Å². The monoisotopic (exact) mass is 588 g/mol. The van der Waals surface area contributed by atoms with Crippen LogP contribution in [0.3, 0.4) is 0 Å². The van der Waals surface area contributed by atoms with Crippen molar-refractivity contribution in [2.24, 2.45) is 5.92 Å². The number of amides is 1. The van der Waals surface area contributed by atoms with Crippen LogP contribution in [0.5, 0.6) is 11.5 Å². The van der Waals surface area contributed by atoms with Crippen LogP contribution in [0, 0.1) is 5.92 Å². The summed E-state index contributed by atoms with van der Waals surface area (Å²) in [4.78, 5) is 31.2. The highest BCUT2D eigenvalue weighted by Crippen LogP contribution is 2.45. The SMILES string of the molecule is COCCN(C[C@@H]1CCCN2CCCC[C@H]12)C(=O)COc1cc2c(c3oc(=O)cc(-c4ccccc4)c13)CCC(C)(C)O2. The average Bonchev–Trinajstić information content (AvgIpc) is 3.01. The van der Waals surface area contributed by atoms with Crippen molar-refractivity contribution in [2.75, 3.05) is 46.5 Å². The number of nitrogens with zero attached hydrogens (tertiary/aromatic N) is 2. The van der Waals surface area contributed by atoms with E-state index in [-0.39, 0.29) is 18.1 Å². The Morgan fingerprint density at radius 2 is 1.91 bits per heavy atom. The number of carbonyl (C=O) groups is 1. The normalized spacial score (nSPS) is 21.5. The largest absolute Gasteiger partial charge is 0.487 e. The van der Waals surface area contributed by atoms with E-state index in [1.807, 2.05) is 55.1 Å². The van der Waals surface area contributed by atoms with Gasteiger partial charge in [0.2, 0.25) is 0 Å². The number of aryl methyl sites for hydroxylation is 1. The number of rotatable bonds is 9. The maximum Gasteiger partial charge on any atom is 0.336 e. The molecular weight excluding hydrogens is 544 g/mol. The molecule has 2 aromatic carbocycles. The van der Waals surface area contributed by atoms with Crippen LogP contribution < -0.4 is 15.1 Å². The van der Waals surface area contributed by atoms with Crippen molar-refractivity contribution in [3.63, 3.8) is 0 Å². The number of hydrogen-bond donors (Lipinski definition) is 0. The van der Waals surface area contributed by atoms with Crippen molar-refractivity contribution in [1.29, 1.82) is 0 Å². The predicted octanol–water partition coefficient (Wildman–Crippen LogP) is 5.68. The lowest BCUT2D eigenvalue weighted by atomic mass is 9.83. The third-order valence-electron chi connectivity index (χ3n) is 9.44. The van der Waals surface area contributed by atoms with Crippen LogP contribution in [0.2, 0.25) is 0 Å². The third-order valence-corrected chi connectivity index (χ3v) is 9.44. The zero-order valence-corrected chi connectivity index (χ0v) is 25.7. The summed E-state index contributed by atoms with van der Waals surface area (Å²) in [6.07, 6.45) is 7.56. The van der Waals surface area contributed by atoms with Gasteiger partial charge in [0.15, 0.2) is 6.61 Å². The molecule has 0 radical (unpaired) electrons. The Kier molecular flexibility index (Phi) is 8.78. The number of benzene rings is 2. The Hall–Kier alpha value is -3.36. The molecule has 8 nitrogen and oxygen atoms in total. The molecule has 43 heavy (non-hydrogen) atoms. The Labute approximate surface area is 253 Å². The standard InChI is InChI=1S/C35H44N2O6/c1-35(2)15-14-26-29(43-35)21-30(33-27(20-32(39)42-34(26)33)24-10-5-4-6-11-24)41-23-31(38)37(18-19-40-3)22-25-12-9-17-36-16-8-7-13-28(25)36/h4-6,10-11,20-21,25,28H,7-9,12-19,22-23H2,1-3H3/t25-,28+/m0/s1. The maximum atomic E-state index is 13.8. The van der Waals surface area contributed by atoms with Gasteiger partial charge in [0, 0.05) is 49.5 Å². The highest BCUT2D eigenvalue weighted by Gasteiger charge is 2.35. The number of carbonyl (C=O) groups excluding carboxylic acids is 1. The molecule has 1 amide bonds. The number of methoxy groups -OCH3 is 1. The molecule has 0 bridgehead atoms. The second kappa shape index (κ2) is 12.7. The number of piperidine rings is 2. The quantitative estimate of drug-likeness (QED) is 0.298. The molecule has 4 heterocycles. The first-order valence-corrected chi connectivity index (χ1v) is 15.8. The van der Waals surface area contributed by atoms with E-state index in [9.17, 15) is 9.59 Å². The van der Waals surface area contributed by atoms with Gasteiger partial charge in [-0.25, -0.2) is 4.79 Å². The molecule has 3 aliphatic heterocycles. The Morgan fingerprint density at radius 1 is 1.09 bits per heavy atom. The summed E-state index contributed by atoms with van der Waals surface area (Å²) in [6.45, 7) is 8.00. The fourth-order valence-corrected chi connectivity index (χ4v) is 7.23. The van der Waals surface area contributed by atoms with Gasteiger partial charge in [0.1, 0.15) is 22.7 Å². The molecule has 1 aromatic heterocycles. The van der Waals surface area contributed by atoms with Gasteiger partial charge in [0.25, 0.3) is 5.91 Å². The van der Waals surface area contributed by atoms with Crippen LogP contribution in [0.1, 0.15) is 57.9 Å². The summed E-state index contributed by atoms with van der Waals surface area (Å²) in [6, 6.07) is 13.7. The molecule has 2 saturated heterocycles. The molecule has 0 unspecified atom stereocenters. The van der Waals surface area contributed by atoms with Crippen LogP contribution in [0.25, 0.3) is 22.1 Å². The number of fused-ring (bicyclic) bond motifs is 4. The molecule has 2 atom stereocenters. The van der Waals surface area contributed by atoms with E-state index in [0.29, 0.717) is 60.5 Å². The molecule has 0 N–H and O–H groups in total. The van der Waals surface area contributed by atoms with Crippen LogP contribution in [0.4, 0.5) is 0 Å². The summed E-state index contributed by atoms with van der Waals surface area (Å²) in [5.74, 6) is 1.49. The molecule has 0 saturated carbocycles. The number of hydrogen-bond acceptors (Lipinski definition) is 7. The minimum Gasteiger partial charge on any atom is -0.487 e. The summed E-state index contributed by atoms with van der Waals surface area (Å²) >= 11 is 0. The Balaban J connectivity index is 1.32. The van der Waals surface area contributed by atoms with E-state index in [4.69, 9.17) is 18.6 Å². The lowest BCUT2D eigenvalue weighted by Gasteiger charge is -2.45. The highest BCUT2D eigenvalue weighted by molar-refractivity contribution is 6.00. The molecule has 0 spiro atoms. The van der Waals surface area contributed by atoms with Gasteiger partial charge in [-0.2, -0.15) is 0 Å². The first kappa shape index (κ1) is 29.7. The van der Waals surface area contributed by atoms with E-state index >= 15 is 0 Å². The van der Waals surface area contributed by atoms with Gasteiger partial charge in [-0.05, 0) is 76.9 Å².